The summed E-state index contributed by atoms with van der Waals surface area (Å²) in [6, 6.07) is 5.92. The molecule has 1 amide bonds. The Hall–Kier alpha value is -2.24. The van der Waals surface area contributed by atoms with E-state index in [2.05, 4.69) is 0 Å². The van der Waals surface area contributed by atoms with Gasteiger partial charge < -0.3 is 14.9 Å². The molecule has 1 aromatic rings. The summed E-state index contributed by atoms with van der Waals surface area (Å²) in [6.45, 7) is 5.54. The molecule has 6 heteroatoms. The SMILES string of the molecule is CC(C)(C)OC(=O)N1CC(c2ccc(O)cc2)CCC1C(=O)O. The number of benzene rings is 1. The van der Waals surface area contributed by atoms with Crippen LogP contribution in [0.2, 0.25) is 0 Å². The number of piperidine rings is 1. The second-order valence-electron chi connectivity index (χ2n) is 6.85. The molecule has 126 valence electrons. The summed E-state index contributed by atoms with van der Waals surface area (Å²) in [4.78, 5) is 25.1. The highest BCUT2D eigenvalue weighted by atomic mass is 16.6. The number of carbonyl (C=O) groups is 2. The molecule has 6 nitrogen and oxygen atoms in total. The van der Waals surface area contributed by atoms with Crippen molar-refractivity contribution in [1.82, 2.24) is 4.90 Å². The number of amides is 1. The smallest absolute Gasteiger partial charge is 0.411 e. The molecule has 0 aliphatic carbocycles. The van der Waals surface area contributed by atoms with Crippen LogP contribution in [0.5, 0.6) is 5.75 Å². The summed E-state index contributed by atoms with van der Waals surface area (Å²) < 4.78 is 5.34. The molecule has 0 radical (unpaired) electrons. The number of aliphatic carboxylic acids is 1. The molecule has 1 aromatic carbocycles. The number of phenols is 1. The first-order chi connectivity index (χ1) is 10.7. The Morgan fingerprint density at radius 3 is 2.30 bits per heavy atom. The van der Waals surface area contributed by atoms with Gasteiger partial charge in [-0.25, -0.2) is 9.59 Å². The predicted octanol–water partition coefficient (Wildman–Crippen LogP) is 2.96. The van der Waals surface area contributed by atoms with Crippen LogP contribution in [0.1, 0.15) is 45.1 Å². The third kappa shape index (κ3) is 4.37. The molecule has 1 saturated heterocycles. The number of carbonyl (C=O) groups excluding carboxylic acids is 1. The highest BCUT2D eigenvalue weighted by molar-refractivity contribution is 5.80. The van der Waals surface area contributed by atoms with E-state index in [1.54, 1.807) is 45.0 Å². The van der Waals surface area contributed by atoms with Gasteiger partial charge in [0.2, 0.25) is 0 Å². The van der Waals surface area contributed by atoms with E-state index in [0.29, 0.717) is 12.8 Å². The molecule has 2 unspecified atom stereocenters. The molecular weight excluding hydrogens is 298 g/mol. The number of carboxylic acids is 1. The normalized spacial score (nSPS) is 21.8. The lowest BCUT2D eigenvalue weighted by atomic mass is 9.87. The van der Waals surface area contributed by atoms with Crippen molar-refractivity contribution in [3.05, 3.63) is 29.8 Å². The van der Waals surface area contributed by atoms with Crippen molar-refractivity contribution in [2.75, 3.05) is 6.54 Å². The van der Waals surface area contributed by atoms with Crippen LogP contribution in [-0.2, 0) is 9.53 Å². The molecule has 1 heterocycles. The number of likely N-dealkylation sites (tertiary alicyclic amines) is 1. The molecular formula is C17H23NO5. The van der Waals surface area contributed by atoms with Crippen molar-refractivity contribution in [2.24, 2.45) is 0 Å². The number of rotatable bonds is 2. The highest BCUT2D eigenvalue weighted by Gasteiger charge is 2.38. The zero-order valence-electron chi connectivity index (χ0n) is 13.7. The molecule has 1 fully saturated rings. The zero-order chi connectivity index (χ0) is 17.2. The van der Waals surface area contributed by atoms with Gasteiger partial charge in [-0.1, -0.05) is 12.1 Å². The molecule has 1 aliphatic heterocycles. The van der Waals surface area contributed by atoms with Gasteiger partial charge in [0.15, 0.2) is 0 Å². The molecule has 23 heavy (non-hydrogen) atoms. The Labute approximate surface area is 135 Å². The van der Waals surface area contributed by atoms with Gasteiger partial charge in [0.05, 0.1) is 0 Å². The number of hydrogen-bond donors (Lipinski definition) is 2. The average Bonchev–Trinajstić information content (AvgIpc) is 2.45. The lowest BCUT2D eigenvalue weighted by Crippen LogP contribution is -2.51. The summed E-state index contributed by atoms with van der Waals surface area (Å²) in [5.74, 6) is -0.810. The Kier molecular flexibility index (Phi) is 4.82. The van der Waals surface area contributed by atoms with Gasteiger partial charge in [-0.05, 0) is 51.3 Å². The van der Waals surface area contributed by atoms with Crippen molar-refractivity contribution in [3.8, 4) is 5.75 Å². The van der Waals surface area contributed by atoms with Crippen molar-refractivity contribution < 1.29 is 24.5 Å². The topological polar surface area (TPSA) is 87.1 Å². The maximum Gasteiger partial charge on any atom is 0.411 e. The van der Waals surface area contributed by atoms with Crippen molar-refractivity contribution in [2.45, 2.75) is 51.2 Å². The van der Waals surface area contributed by atoms with Gasteiger partial charge in [-0.3, -0.25) is 4.90 Å². The average molecular weight is 321 g/mol. The number of carboxylic acid groups (broad SMARTS) is 1. The molecule has 2 N–H and O–H groups in total. The van der Waals surface area contributed by atoms with E-state index >= 15 is 0 Å². The summed E-state index contributed by atoms with van der Waals surface area (Å²) in [5.41, 5.74) is 0.297. The highest BCUT2D eigenvalue weighted by Crippen LogP contribution is 2.32. The van der Waals surface area contributed by atoms with Gasteiger partial charge in [0.25, 0.3) is 0 Å². The monoisotopic (exact) mass is 321 g/mol. The summed E-state index contributed by atoms with van der Waals surface area (Å²) in [7, 11) is 0. The number of aromatic hydroxyl groups is 1. The van der Waals surface area contributed by atoms with Crippen molar-refractivity contribution in [3.63, 3.8) is 0 Å². The lowest BCUT2D eigenvalue weighted by Gasteiger charge is -2.38. The van der Waals surface area contributed by atoms with E-state index in [1.165, 1.54) is 4.90 Å². The predicted molar refractivity (Wildman–Crippen MR) is 84.4 cm³/mol. The number of ether oxygens (including phenoxy) is 1. The van der Waals surface area contributed by atoms with Crippen LogP contribution >= 0.6 is 0 Å². The molecule has 0 aromatic heterocycles. The second kappa shape index (κ2) is 6.48. The minimum absolute atomic E-state index is 0.0266. The molecule has 2 atom stereocenters. The minimum atomic E-state index is -1.01. The Morgan fingerprint density at radius 1 is 1.17 bits per heavy atom. The first-order valence-electron chi connectivity index (χ1n) is 7.69. The Bertz CT molecular complexity index is 576. The fourth-order valence-corrected chi connectivity index (χ4v) is 2.77. The van der Waals surface area contributed by atoms with Gasteiger partial charge >= 0.3 is 12.1 Å². The zero-order valence-corrected chi connectivity index (χ0v) is 13.7. The van der Waals surface area contributed by atoms with Crippen LogP contribution in [0.25, 0.3) is 0 Å². The third-order valence-electron chi connectivity index (χ3n) is 3.86. The van der Waals surface area contributed by atoms with E-state index in [1.807, 2.05) is 0 Å². The van der Waals surface area contributed by atoms with Crippen LogP contribution in [-0.4, -0.2) is 45.4 Å². The van der Waals surface area contributed by atoms with Crippen LogP contribution in [0.4, 0.5) is 4.79 Å². The van der Waals surface area contributed by atoms with Crippen molar-refractivity contribution in [1.29, 1.82) is 0 Å². The standard InChI is InChI=1S/C17H23NO5/c1-17(2,3)23-16(22)18-10-12(6-9-14(18)15(20)21)11-4-7-13(19)8-5-11/h4-5,7-8,12,14,19H,6,9-10H2,1-3H3,(H,20,21). The third-order valence-corrected chi connectivity index (χ3v) is 3.86. The van der Waals surface area contributed by atoms with E-state index in [-0.39, 0.29) is 18.2 Å². The van der Waals surface area contributed by atoms with Crippen LogP contribution in [0, 0.1) is 0 Å². The minimum Gasteiger partial charge on any atom is -0.508 e. The molecule has 2 rings (SSSR count). The van der Waals surface area contributed by atoms with E-state index < -0.39 is 23.7 Å². The van der Waals surface area contributed by atoms with E-state index in [4.69, 9.17) is 4.74 Å². The maximum atomic E-state index is 12.4. The largest absolute Gasteiger partial charge is 0.508 e. The summed E-state index contributed by atoms with van der Waals surface area (Å²) in [5, 5.41) is 18.7. The first-order valence-corrected chi connectivity index (χ1v) is 7.69. The molecule has 1 aliphatic rings. The molecule has 0 saturated carbocycles. The number of phenolic OH excluding ortho intramolecular Hbond substituents is 1. The maximum absolute atomic E-state index is 12.4. The molecule has 0 bridgehead atoms. The number of hydrogen-bond acceptors (Lipinski definition) is 4. The van der Waals surface area contributed by atoms with Crippen LogP contribution in [0.15, 0.2) is 24.3 Å². The van der Waals surface area contributed by atoms with E-state index in [9.17, 15) is 19.8 Å². The van der Waals surface area contributed by atoms with Gasteiger partial charge in [0.1, 0.15) is 17.4 Å². The van der Waals surface area contributed by atoms with Gasteiger partial charge in [-0.2, -0.15) is 0 Å². The Morgan fingerprint density at radius 2 is 1.78 bits per heavy atom. The number of nitrogens with zero attached hydrogens (tertiary/aromatic N) is 1. The van der Waals surface area contributed by atoms with Crippen LogP contribution < -0.4 is 0 Å². The van der Waals surface area contributed by atoms with Crippen LogP contribution in [0.3, 0.4) is 0 Å². The second-order valence-corrected chi connectivity index (χ2v) is 6.85. The van der Waals surface area contributed by atoms with E-state index in [0.717, 1.165) is 5.56 Å². The summed E-state index contributed by atoms with van der Waals surface area (Å²) >= 11 is 0. The quantitative estimate of drug-likeness (QED) is 0.874. The van der Waals surface area contributed by atoms with Crippen molar-refractivity contribution >= 4 is 12.1 Å². The fourth-order valence-electron chi connectivity index (χ4n) is 2.77. The first kappa shape index (κ1) is 17.1. The Balaban J connectivity index is 2.18. The summed E-state index contributed by atoms with van der Waals surface area (Å²) in [6.07, 6.45) is 0.439. The lowest BCUT2D eigenvalue weighted by molar-refractivity contribution is -0.144. The van der Waals surface area contributed by atoms with Gasteiger partial charge in [-0.15, -0.1) is 0 Å². The molecule has 0 spiro atoms. The van der Waals surface area contributed by atoms with Gasteiger partial charge in [0, 0.05) is 12.5 Å². The fraction of sp³-hybridized carbons (Fsp3) is 0.529.